The van der Waals surface area contributed by atoms with Crippen LogP contribution in [0.1, 0.15) is 37.0 Å². The van der Waals surface area contributed by atoms with Gasteiger partial charge >= 0.3 is 0 Å². The van der Waals surface area contributed by atoms with Crippen LogP contribution >= 0.6 is 0 Å². The van der Waals surface area contributed by atoms with Gasteiger partial charge < -0.3 is 4.90 Å². The fourth-order valence-corrected chi connectivity index (χ4v) is 2.50. The summed E-state index contributed by atoms with van der Waals surface area (Å²) in [6.45, 7) is 6.69. The molecule has 0 aromatic heterocycles. The number of hydrogen-bond acceptors (Lipinski definition) is 2. The van der Waals surface area contributed by atoms with E-state index in [4.69, 9.17) is 0 Å². The predicted octanol–water partition coefficient (Wildman–Crippen LogP) is 3.13. The van der Waals surface area contributed by atoms with Crippen LogP contribution in [0.25, 0.3) is 0 Å². The molecule has 86 valence electrons. The van der Waals surface area contributed by atoms with Crippen LogP contribution < -0.4 is 4.90 Å². The van der Waals surface area contributed by atoms with Crippen molar-refractivity contribution >= 4 is 12.0 Å². The molecule has 1 aliphatic rings. The molecule has 1 heterocycles. The van der Waals surface area contributed by atoms with Gasteiger partial charge in [-0.3, -0.25) is 4.79 Å². The van der Waals surface area contributed by atoms with Gasteiger partial charge in [0.1, 0.15) is 0 Å². The molecule has 2 heteroatoms. The molecule has 0 unspecified atom stereocenters. The number of carbonyl (C=O) groups is 1. The smallest absolute Gasteiger partial charge is 0.152 e. The summed E-state index contributed by atoms with van der Waals surface area (Å²) < 4.78 is 0. The Bertz CT molecular complexity index is 384. The first kappa shape index (κ1) is 11.2. The van der Waals surface area contributed by atoms with Crippen molar-refractivity contribution in [2.24, 2.45) is 5.41 Å². The van der Waals surface area contributed by atoms with Crippen molar-refractivity contribution < 1.29 is 4.79 Å². The van der Waals surface area contributed by atoms with Gasteiger partial charge in [-0.15, -0.1) is 0 Å². The molecule has 1 aromatic carbocycles. The van der Waals surface area contributed by atoms with E-state index in [1.807, 2.05) is 24.3 Å². The quantitative estimate of drug-likeness (QED) is 0.709. The Kier molecular flexibility index (Phi) is 2.99. The van der Waals surface area contributed by atoms with Gasteiger partial charge in [-0.1, -0.05) is 26.0 Å². The summed E-state index contributed by atoms with van der Waals surface area (Å²) >= 11 is 0. The van der Waals surface area contributed by atoms with Gasteiger partial charge in [0, 0.05) is 24.3 Å². The molecule has 0 N–H and O–H groups in total. The summed E-state index contributed by atoms with van der Waals surface area (Å²) in [7, 11) is 0. The van der Waals surface area contributed by atoms with Crippen molar-refractivity contribution in [3.63, 3.8) is 0 Å². The highest BCUT2D eigenvalue weighted by atomic mass is 16.1. The summed E-state index contributed by atoms with van der Waals surface area (Å²) in [5, 5.41) is 0. The molecule has 0 saturated carbocycles. The molecule has 0 atom stereocenters. The van der Waals surface area contributed by atoms with Crippen LogP contribution in [0.15, 0.2) is 24.3 Å². The van der Waals surface area contributed by atoms with Gasteiger partial charge in [0.25, 0.3) is 0 Å². The van der Waals surface area contributed by atoms with E-state index < -0.39 is 0 Å². The maximum Gasteiger partial charge on any atom is 0.152 e. The molecule has 1 aromatic rings. The number of carbonyl (C=O) groups excluding carboxylic acids is 1. The number of nitrogens with zero attached hydrogens (tertiary/aromatic N) is 1. The third-order valence-electron chi connectivity index (χ3n) is 3.30. The molecule has 0 radical (unpaired) electrons. The Morgan fingerprint density at radius 1 is 1.31 bits per heavy atom. The normalized spacial score (nSPS) is 19.5. The Hall–Kier alpha value is -1.31. The summed E-state index contributed by atoms with van der Waals surface area (Å²) in [6, 6.07) is 7.86. The van der Waals surface area contributed by atoms with Crippen molar-refractivity contribution in [1.29, 1.82) is 0 Å². The van der Waals surface area contributed by atoms with Gasteiger partial charge in [0.15, 0.2) is 6.29 Å². The monoisotopic (exact) mass is 217 g/mol. The second-order valence-corrected chi connectivity index (χ2v) is 5.37. The number of piperidine rings is 1. The zero-order valence-corrected chi connectivity index (χ0v) is 10.1. The van der Waals surface area contributed by atoms with Gasteiger partial charge in [0.05, 0.1) is 0 Å². The van der Waals surface area contributed by atoms with Gasteiger partial charge in [0.2, 0.25) is 0 Å². The zero-order chi connectivity index (χ0) is 11.6. The van der Waals surface area contributed by atoms with Gasteiger partial charge in [-0.2, -0.15) is 0 Å². The Labute approximate surface area is 97.3 Å². The summed E-state index contributed by atoms with van der Waals surface area (Å²) in [6.07, 6.45) is 3.43. The van der Waals surface area contributed by atoms with E-state index in [9.17, 15) is 4.79 Å². The van der Waals surface area contributed by atoms with Crippen LogP contribution in [-0.4, -0.2) is 19.4 Å². The lowest BCUT2D eigenvalue weighted by Crippen LogP contribution is -2.40. The second-order valence-electron chi connectivity index (χ2n) is 5.37. The summed E-state index contributed by atoms with van der Waals surface area (Å²) in [5.41, 5.74) is 2.25. The van der Waals surface area contributed by atoms with Gasteiger partial charge in [-0.05, 0) is 30.4 Å². The molecule has 1 saturated heterocycles. The maximum absolute atomic E-state index is 11.0. The van der Waals surface area contributed by atoms with E-state index in [1.54, 1.807) is 0 Å². The molecule has 1 aliphatic heterocycles. The number of anilines is 1. The van der Waals surface area contributed by atoms with Crippen molar-refractivity contribution in [3.8, 4) is 0 Å². The topological polar surface area (TPSA) is 20.3 Å². The Morgan fingerprint density at radius 2 is 2.06 bits per heavy atom. The average molecular weight is 217 g/mol. The third kappa shape index (κ3) is 2.26. The highest BCUT2D eigenvalue weighted by Gasteiger charge is 2.27. The highest BCUT2D eigenvalue weighted by Crippen LogP contribution is 2.32. The molecule has 2 nitrogen and oxygen atoms in total. The minimum Gasteiger partial charge on any atom is -0.370 e. The minimum atomic E-state index is 0.355. The first-order valence-electron chi connectivity index (χ1n) is 5.91. The van der Waals surface area contributed by atoms with Crippen molar-refractivity contribution in [2.45, 2.75) is 26.7 Å². The van der Waals surface area contributed by atoms with E-state index in [2.05, 4.69) is 18.7 Å². The molecule has 0 amide bonds. The van der Waals surface area contributed by atoms with Crippen LogP contribution in [0.3, 0.4) is 0 Å². The summed E-state index contributed by atoms with van der Waals surface area (Å²) in [5.74, 6) is 0. The van der Waals surface area contributed by atoms with Crippen LogP contribution in [0, 0.1) is 5.41 Å². The third-order valence-corrected chi connectivity index (χ3v) is 3.30. The van der Waals surface area contributed by atoms with Crippen LogP contribution in [0.4, 0.5) is 5.69 Å². The predicted molar refractivity (Wildman–Crippen MR) is 67.1 cm³/mol. The fourth-order valence-electron chi connectivity index (χ4n) is 2.50. The Balaban J connectivity index is 2.26. The van der Waals surface area contributed by atoms with Gasteiger partial charge in [-0.25, -0.2) is 0 Å². The molecule has 16 heavy (non-hydrogen) atoms. The highest BCUT2D eigenvalue weighted by molar-refractivity contribution is 5.84. The molecular weight excluding hydrogens is 198 g/mol. The van der Waals surface area contributed by atoms with E-state index in [1.165, 1.54) is 12.8 Å². The minimum absolute atomic E-state index is 0.355. The molecule has 0 bridgehead atoms. The lowest BCUT2D eigenvalue weighted by Gasteiger charge is -2.39. The number of rotatable bonds is 2. The standard InChI is InChI=1S/C14H19NO/c1-14(2)8-5-9-15(11-14)13-7-4-3-6-12(13)10-16/h3-4,6-7,10H,5,8-9,11H2,1-2H3. The first-order chi connectivity index (χ1) is 7.62. The van der Waals surface area contributed by atoms with Crippen LogP contribution in [0.5, 0.6) is 0 Å². The maximum atomic E-state index is 11.0. The average Bonchev–Trinajstić information content (AvgIpc) is 2.27. The number of hydrogen-bond donors (Lipinski definition) is 0. The fraction of sp³-hybridized carbons (Fsp3) is 0.500. The second kappa shape index (κ2) is 4.28. The number of para-hydroxylation sites is 1. The summed E-state index contributed by atoms with van der Waals surface area (Å²) in [4.78, 5) is 13.3. The molecule has 1 fully saturated rings. The van der Waals surface area contributed by atoms with E-state index in [0.717, 1.165) is 30.6 Å². The van der Waals surface area contributed by atoms with E-state index in [0.29, 0.717) is 5.41 Å². The molecule has 0 aliphatic carbocycles. The van der Waals surface area contributed by atoms with Crippen molar-refractivity contribution in [2.75, 3.05) is 18.0 Å². The van der Waals surface area contributed by atoms with Crippen molar-refractivity contribution in [1.82, 2.24) is 0 Å². The molecule has 2 rings (SSSR count). The number of aldehydes is 1. The van der Waals surface area contributed by atoms with Crippen LogP contribution in [0.2, 0.25) is 0 Å². The molecular formula is C14H19NO. The SMILES string of the molecule is CC1(C)CCCN(c2ccccc2C=O)C1. The largest absolute Gasteiger partial charge is 0.370 e. The number of benzene rings is 1. The lowest BCUT2D eigenvalue weighted by molar-refractivity contribution is 0.112. The Morgan fingerprint density at radius 3 is 2.75 bits per heavy atom. The van der Waals surface area contributed by atoms with E-state index in [-0.39, 0.29) is 0 Å². The van der Waals surface area contributed by atoms with E-state index >= 15 is 0 Å². The first-order valence-corrected chi connectivity index (χ1v) is 5.91. The van der Waals surface area contributed by atoms with Crippen molar-refractivity contribution in [3.05, 3.63) is 29.8 Å². The lowest BCUT2D eigenvalue weighted by atomic mass is 9.84. The van der Waals surface area contributed by atoms with Crippen LogP contribution in [-0.2, 0) is 0 Å². The zero-order valence-electron chi connectivity index (χ0n) is 10.1. The molecule has 0 spiro atoms.